The molecule has 44 heavy (non-hydrogen) atoms. The molecule has 0 aliphatic carbocycles. The lowest BCUT2D eigenvalue weighted by Crippen LogP contribution is -2.41. The van der Waals surface area contributed by atoms with Gasteiger partial charge in [-0.05, 0) is 42.7 Å². The summed E-state index contributed by atoms with van der Waals surface area (Å²) in [6.45, 7) is 3.64. The number of carbonyl (C=O) groups is 2. The van der Waals surface area contributed by atoms with E-state index >= 15 is 0 Å². The van der Waals surface area contributed by atoms with Crippen molar-refractivity contribution >= 4 is 40.8 Å². The number of rotatable bonds is 5. The molecule has 2 aliphatic heterocycles. The van der Waals surface area contributed by atoms with E-state index in [4.69, 9.17) is 31.3 Å². The van der Waals surface area contributed by atoms with E-state index in [2.05, 4.69) is 15.5 Å². The van der Waals surface area contributed by atoms with Gasteiger partial charge < -0.3 is 37.2 Å². The van der Waals surface area contributed by atoms with Crippen molar-refractivity contribution in [1.29, 1.82) is 0 Å². The van der Waals surface area contributed by atoms with Crippen LogP contribution >= 0.6 is 11.8 Å². The Morgan fingerprint density at radius 1 is 0.909 bits per heavy atom. The molecular formula is C25H28F9N5O4S. The molecule has 2 aromatic rings. The number of likely N-dealkylation sites (tertiary alicyclic amines) is 1. The van der Waals surface area contributed by atoms with Crippen molar-refractivity contribution < 1.29 is 59.3 Å². The van der Waals surface area contributed by atoms with Gasteiger partial charge in [0.05, 0.1) is 22.6 Å². The molecule has 0 radical (unpaired) electrons. The molecule has 1 fully saturated rings. The van der Waals surface area contributed by atoms with Gasteiger partial charge in [0.25, 0.3) is 0 Å². The number of nitrogens with one attached hydrogen (secondary N) is 2. The van der Waals surface area contributed by atoms with Gasteiger partial charge in [-0.15, -0.1) is 0 Å². The number of piperidine rings is 1. The molecule has 0 amide bonds. The predicted molar refractivity (Wildman–Crippen MR) is 143 cm³/mol. The Kier molecular flexibility index (Phi) is 12.6. The molecule has 246 valence electrons. The van der Waals surface area contributed by atoms with Crippen LogP contribution in [0.1, 0.15) is 24.0 Å². The highest BCUT2D eigenvalue weighted by molar-refractivity contribution is 7.99. The second kappa shape index (κ2) is 15.0. The van der Waals surface area contributed by atoms with Crippen LogP contribution in [0.3, 0.4) is 0 Å². The largest absolute Gasteiger partial charge is 0.490 e. The number of aliphatic carboxylic acids is 2. The fourth-order valence-electron chi connectivity index (χ4n) is 3.94. The van der Waals surface area contributed by atoms with Gasteiger partial charge in [0.2, 0.25) is 0 Å². The smallest absolute Gasteiger partial charge is 0.475 e. The van der Waals surface area contributed by atoms with Gasteiger partial charge in [0, 0.05) is 48.6 Å². The van der Waals surface area contributed by atoms with E-state index in [0.29, 0.717) is 29.4 Å². The molecule has 0 unspecified atom stereocenters. The van der Waals surface area contributed by atoms with Crippen LogP contribution in [-0.2, 0) is 22.3 Å². The van der Waals surface area contributed by atoms with Crippen molar-refractivity contribution in [3.05, 3.63) is 41.5 Å². The Balaban J connectivity index is 0.000000402. The van der Waals surface area contributed by atoms with Crippen LogP contribution in [-0.4, -0.2) is 71.6 Å². The zero-order valence-corrected chi connectivity index (χ0v) is 23.4. The van der Waals surface area contributed by atoms with Crippen molar-refractivity contribution in [2.75, 3.05) is 36.8 Å². The van der Waals surface area contributed by atoms with Gasteiger partial charge in [-0.1, -0.05) is 17.8 Å². The summed E-state index contributed by atoms with van der Waals surface area (Å²) in [4.78, 5) is 21.5. The molecule has 8 N–H and O–H groups in total. The lowest BCUT2D eigenvalue weighted by molar-refractivity contribution is -0.193. The third kappa shape index (κ3) is 10.9. The van der Waals surface area contributed by atoms with Crippen LogP contribution in [0.25, 0.3) is 0 Å². The van der Waals surface area contributed by atoms with Crippen LogP contribution in [0, 0.1) is 0 Å². The Morgan fingerprint density at radius 2 is 1.45 bits per heavy atom. The van der Waals surface area contributed by atoms with Gasteiger partial charge in [0.1, 0.15) is 0 Å². The first kappa shape index (κ1) is 36.8. The second-order valence-electron chi connectivity index (χ2n) is 9.31. The first-order chi connectivity index (χ1) is 20.3. The van der Waals surface area contributed by atoms with Gasteiger partial charge in [-0.3, -0.25) is 0 Å². The number of alkyl halides is 9. The second-order valence-corrected chi connectivity index (χ2v) is 10.4. The number of nitrogens with zero attached hydrogens (tertiary/aromatic N) is 1. The molecule has 2 heterocycles. The number of anilines is 3. The summed E-state index contributed by atoms with van der Waals surface area (Å²) in [6, 6.07) is 8.36. The van der Waals surface area contributed by atoms with E-state index in [-0.39, 0.29) is 6.04 Å². The summed E-state index contributed by atoms with van der Waals surface area (Å²) in [7, 11) is 0. The molecule has 0 atom stereocenters. The number of carboxylic acid groups (broad SMARTS) is 2. The van der Waals surface area contributed by atoms with Gasteiger partial charge >= 0.3 is 30.5 Å². The number of halogens is 9. The minimum absolute atomic E-state index is 0.124. The van der Waals surface area contributed by atoms with E-state index in [0.717, 1.165) is 48.6 Å². The molecule has 0 saturated carbocycles. The quantitative estimate of drug-likeness (QED) is 0.193. The lowest BCUT2D eigenvalue weighted by Gasteiger charge is -2.34. The molecule has 0 aromatic heterocycles. The van der Waals surface area contributed by atoms with E-state index in [9.17, 15) is 39.5 Å². The predicted octanol–water partition coefficient (Wildman–Crippen LogP) is 5.47. The highest BCUT2D eigenvalue weighted by Crippen LogP contribution is 2.50. The zero-order chi connectivity index (χ0) is 33.5. The maximum atomic E-state index is 13.6. The van der Waals surface area contributed by atoms with E-state index in [1.165, 1.54) is 23.9 Å². The van der Waals surface area contributed by atoms with Crippen LogP contribution in [0.15, 0.2) is 40.1 Å². The standard InChI is InChI=1S/C21H26F3N5S.2C2HF3O2/c22-21(23,24)14-10-17(27-15-3-6-29(7-4-15)8-5-25)20-19(11-14)30-18-9-13(12-26)1-2-16(18)28-20;2*3-2(4,5)1(6)7/h1-2,9-11,15,27-28H,3-8,12,25-26H2;2*(H,6,7). The number of hydrogen-bond donors (Lipinski definition) is 6. The van der Waals surface area contributed by atoms with Crippen molar-refractivity contribution in [3.63, 3.8) is 0 Å². The minimum atomic E-state index is -5.08. The number of hydrogen-bond acceptors (Lipinski definition) is 8. The summed E-state index contributed by atoms with van der Waals surface area (Å²) >= 11 is 1.35. The minimum Gasteiger partial charge on any atom is -0.475 e. The molecule has 0 bridgehead atoms. The zero-order valence-electron chi connectivity index (χ0n) is 22.5. The van der Waals surface area contributed by atoms with Gasteiger partial charge in [0.15, 0.2) is 0 Å². The third-order valence-electron chi connectivity index (χ3n) is 6.07. The number of fused-ring (bicyclic) bond motifs is 2. The number of nitrogens with two attached hydrogens (primary N) is 2. The Morgan fingerprint density at radius 3 is 1.91 bits per heavy atom. The topological polar surface area (TPSA) is 154 Å². The van der Waals surface area contributed by atoms with Crippen LogP contribution in [0.4, 0.5) is 56.6 Å². The van der Waals surface area contributed by atoms with Crippen molar-refractivity contribution in [2.45, 2.75) is 53.7 Å². The fourth-order valence-corrected chi connectivity index (χ4v) is 5.07. The average molecular weight is 666 g/mol. The van der Waals surface area contributed by atoms with Crippen molar-refractivity contribution in [2.24, 2.45) is 11.5 Å². The first-order valence-corrected chi connectivity index (χ1v) is 13.4. The van der Waals surface area contributed by atoms with Crippen molar-refractivity contribution in [1.82, 2.24) is 4.90 Å². The Labute approximate surface area is 248 Å². The van der Waals surface area contributed by atoms with Crippen LogP contribution in [0.2, 0.25) is 0 Å². The van der Waals surface area contributed by atoms with Gasteiger partial charge in [-0.2, -0.15) is 39.5 Å². The molecule has 4 rings (SSSR count). The highest BCUT2D eigenvalue weighted by Gasteiger charge is 2.39. The number of carboxylic acids is 2. The molecule has 1 saturated heterocycles. The molecule has 2 aromatic carbocycles. The summed E-state index contributed by atoms with van der Waals surface area (Å²) in [5.41, 5.74) is 13.7. The third-order valence-corrected chi connectivity index (χ3v) is 7.17. The van der Waals surface area contributed by atoms with Gasteiger partial charge in [-0.25, -0.2) is 9.59 Å². The Bertz CT molecular complexity index is 1270. The summed E-state index contributed by atoms with van der Waals surface area (Å²) in [5, 5.41) is 21.0. The van der Waals surface area contributed by atoms with E-state index < -0.39 is 36.0 Å². The van der Waals surface area contributed by atoms with Crippen LogP contribution < -0.4 is 22.1 Å². The summed E-state index contributed by atoms with van der Waals surface area (Å²) < 4.78 is 104. The number of benzene rings is 2. The molecule has 2 aliphatic rings. The molecule has 0 spiro atoms. The average Bonchev–Trinajstić information content (AvgIpc) is 2.92. The molecule has 19 heteroatoms. The lowest BCUT2D eigenvalue weighted by atomic mass is 10.0. The maximum absolute atomic E-state index is 13.6. The monoisotopic (exact) mass is 665 g/mol. The highest BCUT2D eigenvalue weighted by atomic mass is 32.2. The Hall–Kier alpha value is -3.42. The molecular weight excluding hydrogens is 637 g/mol. The first-order valence-electron chi connectivity index (χ1n) is 12.6. The fraction of sp³-hybridized carbons (Fsp3) is 0.440. The van der Waals surface area contributed by atoms with Crippen molar-refractivity contribution in [3.8, 4) is 0 Å². The SMILES string of the molecule is NCCN1CCC(Nc2cc(C(F)(F)F)cc3c2Nc2ccc(CN)cc2S3)CC1.O=C(O)C(F)(F)F.O=C(O)C(F)(F)F. The van der Waals surface area contributed by atoms with E-state index in [1.54, 1.807) is 0 Å². The van der Waals surface area contributed by atoms with E-state index in [1.807, 2.05) is 18.2 Å². The maximum Gasteiger partial charge on any atom is 0.490 e. The van der Waals surface area contributed by atoms with Crippen LogP contribution in [0.5, 0.6) is 0 Å². The molecule has 9 nitrogen and oxygen atoms in total. The normalized spacial score (nSPS) is 15.3. The summed E-state index contributed by atoms with van der Waals surface area (Å²) in [5.74, 6) is -5.51. The summed E-state index contributed by atoms with van der Waals surface area (Å²) in [6.07, 6.45) is -12.8.